The number of hydrogen-bond acceptors (Lipinski definition) is 2. The second kappa shape index (κ2) is 7.02. The zero-order valence-electron chi connectivity index (χ0n) is 10.6. The van der Waals surface area contributed by atoms with E-state index in [1.54, 1.807) is 0 Å². The number of benzene rings is 2. The minimum atomic E-state index is 0.290. The van der Waals surface area contributed by atoms with Crippen LogP contribution in [0.3, 0.4) is 0 Å². The molecule has 0 saturated carbocycles. The molecule has 0 N–H and O–H groups in total. The Kier molecular flexibility index (Phi) is 5.35. The molecule has 0 amide bonds. The normalized spacial score (nSPS) is 12.6. The molecular formula is C15H11BrCl2N2. The maximum Gasteiger partial charge on any atom is 0.159 e. The van der Waals surface area contributed by atoms with Crippen molar-refractivity contribution in [2.24, 2.45) is 10.2 Å². The van der Waals surface area contributed by atoms with Gasteiger partial charge in [-0.15, -0.1) is 10.2 Å². The lowest BCUT2D eigenvalue weighted by atomic mass is 10.1. The van der Waals surface area contributed by atoms with Crippen LogP contribution in [0, 0.1) is 6.92 Å². The van der Waals surface area contributed by atoms with Crippen molar-refractivity contribution in [3.63, 3.8) is 0 Å². The second-order valence-corrected chi connectivity index (χ2v) is 5.74. The lowest BCUT2D eigenvalue weighted by molar-refractivity contribution is 1.25. The van der Waals surface area contributed by atoms with E-state index in [4.69, 9.17) is 23.2 Å². The summed E-state index contributed by atoms with van der Waals surface area (Å²) in [6.07, 6.45) is 0. The van der Waals surface area contributed by atoms with Crippen molar-refractivity contribution in [2.45, 2.75) is 6.92 Å². The molecule has 5 heteroatoms. The molecule has 20 heavy (non-hydrogen) atoms. The van der Waals surface area contributed by atoms with Gasteiger partial charge in [0.25, 0.3) is 0 Å². The van der Waals surface area contributed by atoms with Crippen molar-refractivity contribution < 1.29 is 0 Å². The van der Waals surface area contributed by atoms with Crippen LogP contribution in [0.1, 0.15) is 16.7 Å². The Hall–Kier alpha value is -1.16. The fourth-order valence-electron chi connectivity index (χ4n) is 1.62. The molecule has 0 spiro atoms. The average molecular weight is 370 g/mol. The molecule has 2 rings (SSSR count). The molecular weight excluding hydrogens is 359 g/mol. The third-order valence-electron chi connectivity index (χ3n) is 2.66. The van der Waals surface area contributed by atoms with E-state index >= 15 is 0 Å². The molecule has 0 unspecified atom stereocenters. The van der Waals surface area contributed by atoms with E-state index in [-0.39, 0.29) is 5.17 Å². The van der Waals surface area contributed by atoms with Gasteiger partial charge in [0.1, 0.15) is 0 Å². The van der Waals surface area contributed by atoms with Crippen LogP contribution in [0.2, 0.25) is 0 Å². The number of halogens is 3. The van der Waals surface area contributed by atoms with Gasteiger partial charge < -0.3 is 0 Å². The van der Waals surface area contributed by atoms with E-state index in [1.807, 2.05) is 55.5 Å². The van der Waals surface area contributed by atoms with Gasteiger partial charge in [-0.2, -0.15) is 0 Å². The van der Waals surface area contributed by atoms with Crippen LogP contribution < -0.4 is 0 Å². The molecule has 2 aromatic rings. The lowest BCUT2D eigenvalue weighted by Gasteiger charge is -2.01. The van der Waals surface area contributed by atoms with Crippen LogP contribution in [0.4, 0.5) is 0 Å². The minimum absolute atomic E-state index is 0.290. The molecule has 0 radical (unpaired) electrons. The minimum Gasteiger partial charge on any atom is -0.136 e. The maximum absolute atomic E-state index is 6.15. The van der Waals surface area contributed by atoms with Gasteiger partial charge in [0.05, 0.1) is 0 Å². The maximum atomic E-state index is 6.15. The summed E-state index contributed by atoms with van der Waals surface area (Å²) in [6, 6.07) is 15.2. The first kappa shape index (κ1) is 15.2. The van der Waals surface area contributed by atoms with E-state index < -0.39 is 0 Å². The molecule has 2 nitrogen and oxygen atoms in total. The van der Waals surface area contributed by atoms with Gasteiger partial charge >= 0.3 is 0 Å². The highest BCUT2D eigenvalue weighted by Gasteiger charge is 2.04. The largest absolute Gasteiger partial charge is 0.159 e. The molecule has 0 saturated heterocycles. The summed E-state index contributed by atoms with van der Waals surface area (Å²) < 4.78 is 0.928. The zero-order valence-corrected chi connectivity index (χ0v) is 13.7. The van der Waals surface area contributed by atoms with Gasteiger partial charge in [-0.1, -0.05) is 75.5 Å². The van der Waals surface area contributed by atoms with E-state index in [9.17, 15) is 0 Å². The Morgan fingerprint density at radius 1 is 0.950 bits per heavy atom. The number of nitrogens with zero attached hydrogens (tertiary/aromatic N) is 2. The molecule has 0 fully saturated rings. The predicted molar refractivity (Wildman–Crippen MR) is 90.1 cm³/mol. The van der Waals surface area contributed by atoms with Crippen LogP contribution in [0.5, 0.6) is 0 Å². The van der Waals surface area contributed by atoms with Crippen LogP contribution in [0.15, 0.2) is 63.2 Å². The van der Waals surface area contributed by atoms with Crippen molar-refractivity contribution in [3.8, 4) is 0 Å². The highest BCUT2D eigenvalue weighted by atomic mass is 79.9. The van der Waals surface area contributed by atoms with Crippen LogP contribution in [0.25, 0.3) is 0 Å². The third kappa shape index (κ3) is 3.92. The molecule has 102 valence electrons. The number of aryl methyl sites for hydroxylation is 1. The Labute approximate surface area is 136 Å². The van der Waals surface area contributed by atoms with Crippen molar-refractivity contribution in [2.75, 3.05) is 0 Å². The Bertz CT molecular complexity index is 681. The van der Waals surface area contributed by atoms with Crippen LogP contribution in [-0.4, -0.2) is 10.3 Å². The molecule has 2 aromatic carbocycles. The van der Waals surface area contributed by atoms with Crippen molar-refractivity contribution in [1.82, 2.24) is 0 Å². The summed E-state index contributed by atoms with van der Waals surface area (Å²) in [6.45, 7) is 1.97. The summed E-state index contributed by atoms with van der Waals surface area (Å²) in [5.74, 6) is 0. The molecule has 0 aliphatic carbocycles. The van der Waals surface area contributed by atoms with Gasteiger partial charge in [-0.05, 0) is 24.6 Å². The first-order valence-electron chi connectivity index (χ1n) is 5.86. The fraction of sp³-hybridized carbons (Fsp3) is 0.0667. The van der Waals surface area contributed by atoms with Gasteiger partial charge in [-0.25, -0.2) is 0 Å². The summed E-state index contributed by atoms with van der Waals surface area (Å²) in [4.78, 5) is 0. The molecule has 0 atom stereocenters. The average Bonchev–Trinajstić information content (AvgIpc) is 2.45. The second-order valence-electron chi connectivity index (χ2n) is 4.11. The molecule has 0 aromatic heterocycles. The molecule has 0 heterocycles. The van der Waals surface area contributed by atoms with E-state index in [0.29, 0.717) is 5.17 Å². The Morgan fingerprint density at radius 2 is 1.65 bits per heavy atom. The Morgan fingerprint density at radius 3 is 2.35 bits per heavy atom. The van der Waals surface area contributed by atoms with Crippen molar-refractivity contribution >= 4 is 49.5 Å². The molecule has 0 aliphatic rings. The zero-order chi connectivity index (χ0) is 14.5. The monoisotopic (exact) mass is 368 g/mol. The standard InChI is InChI=1S/C15H11BrCl2N2/c1-10-5-2-3-8-13(10)15(18)20-19-14(17)11-6-4-7-12(16)9-11/h2-9H,1H3. The highest BCUT2D eigenvalue weighted by molar-refractivity contribution is 9.10. The third-order valence-corrected chi connectivity index (χ3v) is 3.72. The van der Waals surface area contributed by atoms with E-state index in [2.05, 4.69) is 26.1 Å². The topological polar surface area (TPSA) is 24.7 Å². The number of rotatable bonds is 3. The van der Waals surface area contributed by atoms with Gasteiger partial charge in [0.2, 0.25) is 0 Å². The smallest absolute Gasteiger partial charge is 0.136 e. The summed E-state index contributed by atoms with van der Waals surface area (Å²) in [5.41, 5.74) is 2.66. The van der Waals surface area contributed by atoms with Crippen molar-refractivity contribution in [3.05, 3.63) is 69.7 Å². The van der Waals surface area contributed by atoms with Gasteiger partial charge in [-0.3, -0.25) is 0 Å². The highest BCUT2D eigenvalue weighted by Crippen LogP contribution is 2.15. The van der Waals surface area contributed by atoms with E-state index in [0.717, 1.165) is 21.2 Å². The molecule has 0 bridgehead atoms. The lowest BCUT2D eigenvalue weighted by Crippen LogP contribution is -1.95. The SMILES string of the molecule is Cc1ccccc1C(Cl)=NN=C(Cl)c1cccc(Br)c1. The Balaban J connectivity index is 2.27. The van der Waals surface area contributed by atoms with E-state index in [1.165, 1.54) is 0 Å². The fourth-order valence-corrected chi connectivity index (χ4v) is 2.42. The summed E-state index contributed by atoms with van der Waals surface area (Å²) in [5, 5.41) is 8.56. The molecule has 0 aliphatic heterocycles. The first-order chi connectivity index (χ1) is 9.58. The number of hydrogen-bond donors (Lipinski definition) is 0. The summed E-state index contributed by atoms with van der Waals surface area (Å²) in [7, 11) is 0. The van der Waals surface area contributed by atoms with Crippen LogP contribution >= 0.6 is 39.1 Å². The van der Waals surface area contributed by atoms with Crippen molar-refractivity contribution in [1.29, 1.82) is 0 Å². The van der Waals surface area contributed by atoms with Gasteiger partial charge in [0.15, 0.2) is 10.3 Å². The van der Waals surface area contributed by atoms with Crippen LogP contribution in [-0.2, 0) is 0 Å². The first-order valence-corrected chi connectivity index (χ1v) is 7.41. The summed E-state index contributed by atoms with van der Waals surface area (Å²) >= 11 is 15.6. The quantitative estimate of drug-likeness (QED) is 0.515. The van der Waals surface area contributed by atoms with Gasteiger partial charge in [0, 0.05) is 15.6 Å². The predicted octanol–water partition coefficient (Wildman–Crippen LogP) is 5.34.